The van der Waals surface area contributed by atoms with Crippen molar-refractivity contribution >= 4 is 12.4 Å². The Morgan fingerprint density at radius 2 is 1.05 bits per heavy atom. The minimum Gasteiger partial charge on any atom is -0.379 e. The SMILES string of the molecule is Cl.[N-]=[N+]=NCCOCCOCCOCCOCCOCCN. The Kier molecular flexibility index (Phi) is 24.3. The Morgan fingerprint density at radius 1 is 0.682 bits per heavy atom. The molecule has 0 bridgehead atoms. The molecule has 0 aliphatic carbocycles. The van der Waals surface area contributed by atoms with Gasteiger partial charge in [-0.3, -0.25) is 0 Å². The van der Waals surface area contributed by atoms with E-state index in [1.54, 1.807) is 0 Å². The zero-order chi connectivity index (χ0) is 15.4. The highest BCUT2D eigenvalue weighted by atomic mass is 35.5. The maximum atomic E-state index is 8.04. The van der Waals surface area contributed by atoms with Gasteiger partial charge in [0.15, 0.2) is 0 Å². The van der Waals surface area contributed by atoms with Crippen molar-refractivity contribution < 1.29 is 23.7 Å². The number of rotatable bonds is 17. The highest BCUT2D eigenvalue weighted by molar-refractivity contribution is 5.85. The van der Waals surface area contributed by atoms with Gasteiger partial charge >= 0.3 is 0 Å². The fourth-order valence-corrected chi connectivity index (χ4v) is 1.22. The first kappa shape index (κ1) is 23.6. The molecule has 0 rings (SSSR count). The standard InChI is InChI=1S/C12H26N4O5.ClH/c13-1-3-17-5-7-19-9-11-21-12-10-20-8-6-18-4-2-15-16-14;/h1-13H2;1H. The van der Waals surface area contributed by atoms with Crippen molar-refractivity contribution in [2.24, 2.45) is 10.8 Å². The second kappa shape index (κ2) is 22.6. The summed E-state index contributed by atoms with van der Waals surface area (Å²) < 4.78 is 26.2. The topological polar surface area (TPSA) is 121 Å². The normalized spacial score (nSPS) is 10.0. The molecule has 0 saturated carbocycles. The molecule has 132 valence electrons. The molecule has 0 atom stereocenters. The van der Waals surface area contributed by atoms with Crippen LogP contribution in [0.1, 0.15) is 0 Å². The molecule has 22 heavy (non-hydrogen) atoms. The summed E-state index contributed by atoms with van der Waals surface area (Å²) >= 11 is 0. The van der Waals surface area contributed by atoms with Gasteiger partial charge in [-0.25, -0.2) is 0 Å². The number of azide groups is 1. The Morgan fingerprint density at radius 3 is 1.41 bits per heavy atom. The summed E-state index contributed by atoms with van der Waals surface area (Å²) in [7, 11) is 0. The highest BCUT2D eigenvalue weighted by Gasteiger charge is 1.93. The molecule has 0 aromatic carbocycles. The van der Waals surface area contributed by atoms with E-state index >= 15 is 0 Å². The summed E-state index contributed by atoms with van der Waals surface area (Å²) in [6.45, 7) is 6.03. The largest absolute Gasteiger partial charge is 0.379 e. The molecule has 2 N–H and O–H groups in total. The quantitative estimate of drug-likeness (QED) is 0.180. The summed E-state index contributed by atoms with van der Waals surface area (Å²) in [5, 5.41) is 3.34. The van der Waals surface area contributed by atoms with Crippen LogP contribution in [0, 0.1) is 0 Å². The number of ether oxygens (including phenoxy) is 5. The first-order valence-electron chi connectivity index (χ1n) is 7.01. The second-order valence-electron chi connectivity index (χ2n) is 3.81. The summed E-state index contributed by atoms with van der Waals surface area (Å²) in [4.78, 5) is 2.62. The van der Waals surface area contributed by atoms with Gasteiger partial charge in [0, 0.05) is 18.0 Å². The molecule has 0 spiro atoms. The minimum atomic E-state index is 0. The third-order valence-corrected chi connectivity index (χ3v) is 2.15. The van der Waals surface area contributed by atoms with Crippen LogP contribution in [0.3, 0.4) is 0 Å². The fraction of sp³-hybridized carbons (Fsp3) is 1.00. The molecule has 10 heteroatoms. The zero-order valence-corrected chi connectivity index (χ0v) is 13.7. The Balaban J connectivity index is 0. The maximum Gasteiger partial charge on any atom is 0.0701 e. The minimum absolute atomic E-state index is 0. The van der Waals surface area contributed by atoms with Crippen molar-refractivity contribution in [2.45, 2.75) is 0 Å². The lowest BCUT2D eigenvalue weighted by molar-refractivity contribution is -0.00998. The lowest BCUT2D eigenvalue weighted by Gasteiger charge is -2.07. The van der Waals surface area contributed by atoms with Gasteiger partial charge in [0.1, 0.15) is 0 Å². The van der Waals surface area contributed by atoms with Crippen molar-refractivity contribution in [3.05, 3.63) is 10.4 Å². The number of halogens is 1. The maximum absolute atomic E-state index is 8.04. The summed E-state index contributed by atoms with van der Waals surface area (Å²) in [5.74, 6) is 0. The van der Waals surface area contributed by atoms with E-state index in [-0.39, 0.29) is 12.4 Å². The van der Waals surface area contributed by atoms with E-state index in [1.807, 2.05) is 0 Å². The van der Waals surface area contributed by atoms with E-state index < -0.39 is 0 Å². The molecular formula is C12H27ClN4O5. The van der Waals surface area contributed by atoms with E-state index in [1.165, 1.54) is 0 Å². The van der Waals surface area contributed by atoms with Crippen LogP contribution in [-0.2, 0) is 23.7 Å². The molecule has 0 saturated heterocycles. The van der Waals surface area contributed by atoms with Crippen molar-refractivity contribution in [1.82, 2.24) is 0 Å². The van der Waals surface area contributed by atoms with Crippen LogP contribution in [0.4, 0.5) is 0 Å². The molecule has 0 heterocycles. The van der Waals surface area contributed by atoms with Crippen LogP contribution in [0.5, 0.6) is 0 Å². The number of hydrogen-bond acceptors (Lipinski definition) is 7. The second-order valence-corrected chi connectivity index (χ2v) is 3.81. The van der Waals surface area contributed by atoms with Crippen LogP contribution in [0.2, 0.25) is 0 Å². The molecule has 0 unspecified atom stereocenters. The van der Waals surface area contributed by atoms with Crippen LogP contribution in [0.15, 0.2) is 5.11 Å². The van der Waals surface area contributed by atoms with E-state index in [0.717, 1.165) is 0 Å². The van der Waals surface area contributed by atoms with Gasteiger partial charge in [0.25, 0.3) is 0 Å². The molecule has 0 aromatic rings. The average molecular weight is 343 g/mol. The van der Waals surface area contributed by atoms with E-state index in [9.17, 15) is 0 Å². The van der Waals surface area contributed by atoms with Gasteiger partial charge in [-0.1, -0.05) is 5.11 Å². The van der Waals surface area contributed by atoms with Gasteiger partial charge in [-0.05, 0) is 5.53 Å². The van der Waals surface area contributed by atoms with Crippen molar-refractivity contribution in [2.75, 3.05) is 79.2 Å². The Bertz CT molecular complexity index is 258. The molecule has 9 nitrogen and oxygen atoms in total. The predicted octanol–water partition coefficient (Wildman–Crippen LogP) is 0.760. The molecule has 0 radical (unpaired) electrons. The van der Waals surface area contributed by atoms with Gasteiger partial charge in [-0.2, -0.15) is 0 Å². The van der Waals surface area contributed by atoms with Crippen LogP contribution in [0.25, 0.3) is 10.4 Å². The Hall–Kier alpha value is -0.640. The summed E-state index contributed by atoms with van der Waals surface area (Å²) in [6.07, 6.45) is 0. The number of nitrogens with two attached hydrogens (primary N) is 1. The molecule has 0 aliphatic heterocycles. The molecular weight excluding hydrogens is 316 g/mol. The first-order chi connectivity index (χ1) is 10.4. The van der Waals surface area contributed by atoms with Gasteiger partial charge in [0.05, 0.1) is 66.1 Å². The van der Waals surface area contributed by atoms with E-state index in [2.05, 4.69) is 10.0 Å². The van der Waals surface area contributed by atoms with E-state index in [4.69, 9.17) is 34.9 Å². The molecule has 0 aliphatic rings. The van der Waals surface area contributed by atoms with Gasteiger partial charge < -0.3 is 29.4 Å². The number of nitrogens with zero attached hydrogens (tertiary/aromatic N) is 3. The third-order valence-electron chi connectivity index (χ3n) is 2.15. The summed E-state index contributed by atoms with van der Waals surface area (Å²) in [6, 6.07) is 0. The monoisotopic (exact) mass is 342 g/mol. The third kappa shape index (κ3) is 21.7. The van der Waals surface area contributed by atoms with Crippen molar-refractivity contribution in [3.63, 3.8) is 0 Å². The van der Waals surface area contributed by atoms with Gasteiger partial charge in [-0.15, -0.1) is 12.4 Å². The van der Waals surface area contributed by atoms with Gasteiger partial charge in [0.2, 0.25) is 0 Å². The molecule has 0 amide bonds. The smallest absolute Gasteiger partial charge is 0.0701 e. The van der Waals surface area contributed by atoms with E-state index in [0.29, 0.717) is 79.2 Å². The Labute approximate surface area is 137 Å². The fourth-order valence-electron chi connectivity index (χ4n) is 1.22. The molecule has 0 aromatic heterocycles. The average Bonchev–Trinajstić information content (AvgIpc) is 2.50. The van der Waals surface area contributed by atoms with Crippen LogP contribution < -0.4 is 5.73 Å². The van der Waals surface area contributed by atoms with Crippen LogP contribution >= 0.6 is 12.4 Å². The van der Waals surface area contributed by atoms with Crippen LogP contribution in [-0.4, -0.2) is 79.2 Å². The van der Waals surface area contributed by atoms with Crippen molar-refractivity contribution in [3.8, 4) is 0 Å². The lowest BCUT2D eigenvalue weighted by Crippen LogP contribution is -2.15. The lowest BCUT2D eigenvalue weighted by atomic mass is 10.6. The van der Waals surface area contributed by atoms with Crippen molar-refractivity contribution in [1.29, 1.82) is 0 Å². The summed E-state index contributed by atoms with van der Waals surface area (Å²) in [5.41, 5.74) is 13.3. The highest BCUT2D eigenvalue weighted by Crippen LogP contribution is 1.84. The molecule has 0 fully saturated rings. The number of hydrogen-bond donors (Lipinski definition) is 1. The predicted molar refractivity (Wildman–Crippen MR) is 84.4 cm³/mol. The first-order valence-corrected chi connectivity index (χ1v) is 7.01. The zero-order valence-electron chi connectivity index (χ0n) is 12.9.